The number of ether oxygens (including phenoxy) is 1. The van der Waals surface area contributed by atoms with Gasteiger partial charge >= 0.3 is 0 Å². The molecule has 0 unspecified atom stereocenters. The van der Waals surface area contributed by atoms with Crippen LogP contribution in [0.1, 0.15) is 5.56 Å². The Labute approximate surface area is 149 Å². The Morgan fingerprint density at radius 1 is 1.04 bits per heavy atom. The van der Waals surface area contributed by atoms with Gasteiger partial charge in [0.2, 0.25) is 0 Å². The van der Waals surface area contributed by atoms with Crippen molar-refractivity contribution in [3.05, 3.63) is 69.5 Å². The number of halogens is 2. The molecule has 0 atom stereocenters. The summed E-state index contributed by atoms with van der Waals surface area (Å²) in [4.78, 5) is 1.24. The molecule has 0 saturated heterocycles. The average molecular weight is 364 g/mol. The van der Waals surface area contributed by atoms with E-state index in [1.165, 1.54) is 10.4 Å². The first-order valence-electron chi connectivity index (χ1n) is 7.11. The lowest BCUT2D eigenvalue weighted by Crippen LogP contribution is -2.06. The standard InChI is InChI=1S/C18H15Cl2NOS/c1-21-11-13-9-12(18-3-2-8-23-18)4-7-17(13)22-14-5-6-15(19)16(20)10-14/h2-10,21H,11H2,1H3. The Morgan fingerprint density at radius 2 is 1.91 bits per heavy atom. The number of benzene rings is 2. The highest BCUT2D eigenvalue weighted by atomic mass is 35.5. The summed E-state index contributed by atoms with van der Waals surface area (Å²) >= 11 is 13.7. The molecule has 0 aliphatic carbocycles. The summed E-state index contributed by atoms with van der Waals surface area (Å²) in [5.41, 5.74) is 2.27. The van der Waals surface area contributed by atoms with Gasteiger partial charge in [-0.15, -0.1) is 11.3 Å². The third kappa shape index (κ3) is 3.88. The molecule has 3 aromatic rings. The molecule has 0 bridgehead atoms. The predicted octanol–water partition coefficient (Wildman–Crippen LogP) is 6.23. The molecule has 1 heterocycles. The Bertz CT molecular complexity index is 803. The highest BCUT2D eigenvalue weighted by Gasteiger charge is 2.09. The van der Waals surface area contributed by atoms with Gasteiger partial charge in [0.15, 0.2) is 0 Å². The molecule has 1 N–H and O–H groups in total. The molecule has 3 rings (SSSR count). The van der Waals surface area contributed by atoms with Crippen LogP contribution in [0.25, 0.3) is 10.4 Å². The summed E-state index contributed by atoms with van der Waals surface area (Å²) in [5, 5.41) is 6.25. The first kappa shape index (κ1) is 16.3. The van der Waals surface area contributed by atoms with Gasteiger partial charge in [-0.2, -0.15) is 0 Å². The molecule has 2 aromatic carbocycles. The summed E-state index contributed by atoms with van der Waals surface area (Å²) < 4.78 is 5.99. The van der Waals surface area contributed by atoms with E-state index in [9.17, 15) is 0 Å². The molecule has 0 aliphatic rings. The molecule has 0 amide bonds. The van der Waals surface area contributed by atoms with Crippen LogP contribution in [0.4, 0.5) is 0 Å². The maximum Gasteiger partial charge on any atom is 0.131 e. The second-order valence-corrected chi connectivity index (χ2v) is 6.77. The van der Waals surface area contributed by atoms with Crippen molar-refractivity contribution in [1.29, 1.82) is 0 Å². The van der Waals surface area contributed by atoms with Crippen molar-refractivity contribution in [2.45, 2.75) is 6.54 Å². The molecule has 23 heavy (non-hydrogen) atoms. The lowest BCUT2D eigenvalue weighted by molar-refractivity contribution is 0.474. The Hall–Kier alpha value is -1.52. The van der Waals surface area contributed by atoms with Gasteiger partial charge in [0.05, 0.1) is 10.0 Å². The molecule has 0 radical (unpaired) electrons. The summed E-state index contributed by atoms with van der Waals surface area (Å²) in [6.07, 6.45) is 0. The van der Waals surface area contributed by atoms with Crippen LogP contribution in [0.15, 0.2) is 53.9 Å². The molecular weight excluding hydrogens is 349 g/mol. The second-order valence-electron chi connectivity index (χ2n) is 5.01. The van der Waals surface area contributed by atoms with Crippen LogP contribution in [-0.4, -0.2) is 7.05 Å². The monoisotopic (exact) mass is 363 g/mol. The molecule has 2 nitrogen and oxygen atoms in total. The highest BCUT2D eigenvalue weighted by Crippen LogP contribution is 2.34. The Morgan fingerprint density at radius 3 is 2.61 bits per heavy atom. The topological polar surface area (TPSA) is 21.3 Å². The minimum Gasteiger partial charge on any atom is -0.457 e. The van der Waals surface area contributed by atoms with Gasteiger partial charge in [-0.3, -0.25) is 0 Å². The van der Waals surface area contributed by atoms with E-state index in [0.717, 1.165) is 17.9 Å². The van der Waals surface area contributed by atoms with E-state index in [-0.39, 0.29) is 0 Å². The van der Waals surface area contributed by atoms with Crippen molar-refractivity contribution in [1.82, 2.24) is 5.32 Å². The largest absolute Gasteiger partial charge is 0.457 e. The fraction of sp³-hybridized carbons (Fsp3) is 0.111. The van der Waals surface area contributed by atoms with Crippen molar-refractivity contribution < 1.29 is 4.74 Å². The number of thiophene rings is 1. The first-order valence-corrected chi connectivity index (χ1v) is 8.75. The molecule has 1 aromatic heterocycles. The molecule has 0 saturated carbocycles. The summed E-state index contributed by atoms with van der Waals surface area (Å²) in [6.45, 7) is 0.718. The number of nitrogens with one attached hydrogen (secondary N) is 1. The van der Waals surface area contributed by atoms with Gasteiger partial charge in [0.25, 0.3) is 0 Å². The van der Waals surface area contributed by atoms with Gasteiger partial charge in [-0.05, 0) is 54.4 Å². The summed E-state index contributed by atoms with van der Waals surface area (Å²) in [5.74, 6) is 1.47. The lowest BCUT2D eigenvalue weighted by Gasteiger charge is -2.13. The second kappa shape index (κ2) is 7.37. The van der Waals surface area contributed by atoms with Crippen molar-refractivity contribution in [2.24, 2.45) is 0 Å². The molecule has 5 heteroatoms. The quantitative estimate of drug-likeness (QED) is 0.579. The Kier molecular flexibility index (Phi) is 5.23. The van der Waals surface area contributed by atoms with Gasteiger partial charge in [0.1, 0.15) is 11.5 Å². The van der Waals surface area contributed by atoms with Gasteiger partial charge in [0, 0.05) is 23.1 Å². The van der Waals surface area contributed by atoms with E-state index < -0.39 is 0 Å². The smallest absolute Gasteiger partial charge is 0.131 e. The van der Waals surface area contributed by atoms with Gasteiger partial charge in [-0.25, -0.2) is 0 Å². The SMILES string of the molecule is CNCc1cc(-c2cccs2)ccc1Oc1ccc(Cl)c(Cl)c1. The molecule has 118 valence electrons. The maximum absolute atomic E-state index is 6.05. The average Bonchev–Trinajstić information content (AvgIpc) is 3.07. The number of rotatable bonds is 5. The van der Waals surface area contributed by atoms with E-state index in [0.29, 0.717) is 15.8 Å². The number of hydrogen-bond donors (Lipinski definition) is 1. The summed E-state index contributed by atoms with van der Waals surface area (Å²) in [6, 6.07) is 15.6. The third-order valence-corrected chi connectivity index (χ3v) is 5.01. The maximum atomic E-state index is 6.05. The Balaban J connectivity index is 1.93. The predicted molar refractivity (Wildman–Crippen MR) is 99.1 cm³/mol. The van der Waals surface area contributed by atoms with Crippen LogP contribution in [0, 0.1) is 0 Å². The molecule has 0 aliphatic heterocycles. The lowest BCUT2D eigenvalue weighted by atomic mass is 10.1. The van der Waals surface area contributed by atoms with Crippen molar-refractivity contribution in [3.8, 4) is 21.9 Å². The number of hydrogen-bond acceptors (Lipinski definition) is 3. The fourth-order valence-corrected chi connectivity index (χ4v) is 3.28. The highest BCUT2D eigenvalue weighted by molar-refractivity contribution is 7.13. The fourth-order valence-electron chi connectivity index (χ4n) is 2.27. The van der Waals surface area contributed by atoms with Crippen molar-refractivity contribution in [3.63, 3.8) is 0 Å². The van der Waals surface area contributed by atoms with Gasteiger partial charge in [-0.1, -0.05) is 29.3 Å². The van der Waals surface area contributed by atoms with Crippen LogP contribution in [0.3, 0.4) is 0 Å². The zero-order valence-electron chi connectivity index (χ0n) is 12.5. The molecular formula is C18H15Cl2NOS. The minimum absolute atomic E-state index is 0.481. The zero-order chi connectivity index (χ0) is 16.2. The van der Waals surface area contributed by atoms with Crippen LogP contribution < -0.4 is 10.1 Å². The van der Waals surface area contributed by atoms with Crippen molar-refractivity contribution >= 4 is 34.5 Å². The van der Waals surface area contributed by atoms with Crippen LogP contribution in [-0.2, 0) is 6.54 Å². The third-order valence-electron chi connectivity index (χ3n) is 3.35. The van der Waals surface area contributed by atoms with E-state index >= 15 is 0 Å². The van der Waals surface area contributed by atoms with E-state index in [1.807, 2.05) is 19.2 Å². The van der Waals surface area contributed by atoms with Crippen LogP contribution in [0.2, 0.25) is 10.0 Å². The van der Waals surface area contributed by atoms with Crippen LogP contribution >= 0.6 is 34.5 Å². The summed E-state index contributed by atoms with van der Waals surface area (Å²) in [7, 11) is 1.92. The zero-order valence-corrected chi connectivity index (χ0v) is 14.8. The molecule has 0 fully saturated rings. The van der Waals surface area contributed by atoms with E-state index in [1.54, 1.807) is 23.5 Å². The van der Waals surface area contributed by atoms with E-state index in [2.05, 4.69) is 35.0 Å². The first-order chi connectivity index (χ1) is 11.2. The van der Waals surface area contributed by atoms with E-state index in [4.69, 9.17) is 27.9 Å². The van der Waals surface area contributed by atoms with Crippen LogP contribution in [0.5, 0.6) is 11.5 Å². The molecule has 0 spiro atoms. The van der Waals surface area contributed by atoms with Gasteiger partial charge < -0.3 is 10.1 Å². The normalized spacial score (nSPS) is 10.7. The minimum atomic E-state index is 0.481. The van der Waals surface area contributed by atoms with Crippen molar-refractivity contribution in [2.75, 3.05) is 7.05 Å².